The van der Waals surface area contributed by atoms with Gasteiger partial charge in [0.15, 0.2) is 4.80 Å². The smallest absolute Gasteiger partial charge is 0.332 e. The number of methoxy groups -OCH3 is 1. The number of ether oxygens (including phenoxy) is 1. The highest BCUT2D eigenvalue weighted by atomic mass is 32.1. The monoisotopic (exact) mass is 331 g/mol. The first-order valence-electron chi connectivity index (χ1n) is 7.27. The van der Waals surface area contributed by atoms with Crippen LogP contribution in [0.2, 0.25) is 0 Å². The predicted octanol–water partition coefficient (Wildman–Crippen LogP) is -0.0438. The molecule has 0 N–H and O–H groups in total. The molecular formula is C16H17N3O3S. The van der Waals surface area contributed by atoms with Crippen LogP contribution in [-0.4, -0.2) is 35.8 Å². The fourth-order valence-electron chi connectivity index (χ4n) is 2.40. The van der Waals surface area contributed by atoms with E-state index in [1.807, 2.05) is 18.2 Å². The molecule has 2 heterocycles. The van der Waals surface area contributed by atoms with Crippen molar-refractivity contribution < 1.29 is 9.53 Å². The lowest BCUT2D eigenvalue weighted by molar-refractivity contribution is -0.133. The molecule has 0 bridgehead atoms. The summed E-state index contributed by atoms with van der Waals surface area (Å²) in [5.41, 5.74) is 1.07. The van der Waals surface area contributed by atoms with Crippen molar-refractivity contribution in [3.05, 3.63) is 55.6 Å². The van der Waals surface area contributed by atoms with E-state index in [9.17, 15) is 9.59 Å². The number of fused-ring (bicyclic) bond motifs is 1. The van der Waals surface area contributed by atoms with Crippen molar-refractivity contribution in [2.75, 3.05) is 20.3 Å². The maximum atomic E-state index is 12.3. The Morgan fingerprint density at radius 3 is 2.91 bits per heavy atom. The second-order valence-electron chi connectivity index (χ2n) is 5.22. The van der Waals surface area contributed by atoms with Crippen LogP contribution in [0.1, 0.15) is 5.56 Å². The van der Waals surface area contributed by atoms with Gasteiger partial charge in [0.1, 0.15) is 4.53 Å². The summed E-state index contributed by atoms with van der Waals surface area (Å²) in [5.74, 6) is -0.526. The quantitative estimate of drug-likeness (QED) is 0.738. The minimum absolute atomic E-state index is 0.191. The van der Waals surface area contributed by atoms with Crippen molar-refractivity contribution in [1.29, 1.82) is 0 Å². The van der Waals surface area contributed by atoms with Crippen molar-refractivity contribution in [1.82, 2.24) is 9.47 Å². The van der Waals surface area contributed by atoms with Gasteiger partial charge in [0, 0.05) is 12.6 Å². The molecule has 1 aliphatic heterocycles. The van der Waals surface area contributed by atoms with Gasteiger partial charge in [-0.25, -0.2) is 9.79 Å². The lowest BCUT2D eigenvalue weighted by Gasteiger charge is -2.23. The van der Waals surface area contributed by atoms with E-state index in [-0.39, 0.29) is 5.56 Å². The summed E-state index contributed by atoms with van der Waals surface area (Å²) in [4.78, 5) is 30.8. The second kappa shape index (κ2) is 6.89. The summed E-state index contributed by atoms with van der Waals surface area (Å²) in [6.07, 6.45) is 2.13. The number of hydrogen-bond acceptors (Lipinski definition) is 6. The third-order valence-corrected chi connectivity index (χ3v) is 4.69. The highest BCUT2D eigenvalue weighted by molar-refractivity contribution is 7.07. The van der Waals surface area contributed by atoms with Gasteiger partial charge in [-0.05, 0) is 12.0 Å². The van der Waals surface area contributed by atoms with E-state index in [0.717, 1.165) is 13.0 Å². The zero-order valence-electron chi connectivity index (χ0n) is 12.8. The molecule has 6 nitrogen and oxygen atoms in total. The van der Waals surface area contributed by atoms with E-state index in [1.165, 1.54) is 30.1 Å². The van der Waals surface area contributed by atoms with Crippen LogP contribution >= 0.6 is 11.3 Å². The third kappa shape index (κ3) is 3.57. The predicted molar refractivity (Wildman–Crippen MR) is 87.6 cm³/mol. The van der Waals surface area contributed by atoms with Crippen LogP contribution in [0.25, 0.3) is 6.08 Å². The summed E-state index contributed by atoms with van der Waals surface area (Å²) in [7, 11) is 1.29. The standard InChI is InChI=1S/C16H17N3O3S/c1-22-14(20)9-13-15(21)19-11-18(10-17-16(19)23-13)8-7-12-5-3-2-4-6-12/h2-6,9H,7-8,10-11H2,1H3/b13-9-. The summed E-state index contributed by atoms with van der Waals surface area (Å²) in [5, 5.41) is 0. The van der Waals surface area contributed by atoms with Gasteiger partial charge in [0.05, 0.1) is 20.4 Å². The van der Waals surface area contributed by atoms with Crippen LogP contribution in [-0.2, 0) is 22.6 Å². The van der Waals surface area contributed by atoms with Gasteiger partial charge in [0.25, 0.3) is 5.56 Å². The van der Waals surface area contributed by atoms with E-state index >= 15 is 0 Å². The van der Waals surface area contributed by atoms with Crippen LogP contribution < -0.4 is 14.9 Å². The minimum atomic E-state index is -0.526. The van der Waals surface area contributed by atoms with Crippen molar-refractivity contribution in [2.24, 2.45) is 4.99 Å². The first-order chi connectivity index (χ1) is 11.2. The van der Waals surface area contributed by atoms with Crippen molar-refractivity contribution in [2.45, 2.75) is 13.1 Å². The third-order valence-electron chi connectivity index (χ3n) is 3.65. The summed E-state index contributed by atoms with van der Waals surface area (Å²) >= 11 is 1.22. The van der Waals surface area contributed by atoms with Gasteiger partial charge in [-0.2, -0.15) is 0 Å². The number of hydrogen-bond donors (Lipinski definition) is 0. The Labute approximate surface area is 137 Å². The SMILES string of the molecule is COC(=O)/C=c1\sc2n(c1=O)CN(CCc1ccccc1)CN=2. The maximum absolute atomic E-state index is 12.3. The first-order valence-corrected chi connectivity index (χ1v) is 8.09. The first kappa shape index (κ1) is 15.6. The van der Waals surface area contributed by atoms with Crippen LogP contribution in [0.5, 0.6) is 0 Å². The fraction of sp³-hybridized carbons (Fsp3) is 0.312. The Morgan fingerprint density at radius 2 is 2.17 bits per heavy atom. The normalized spacial score (nSPS) is 15.1. The van der Waals surface area contributed by atoms with Crippen LogP contribution in [0.3, 0.4) is 0 Å². The topological polar surface area (TPSA) is 63.9 Å². The summed E-state index contributed by atoms with van der Waals surface area (Å²) in [6, 6.07) is 10.2. The van der Waals surface area contributed by atoms with Crippen molar-refractivity contribution in [3.63, 3.8) is 0 Å². The van der Waals surface area contributed by atoms with Crippen LogP contribution in [0.4, 0.5) is 0 Å². The summed E-state index contributed by atoms with van der Waals surface area (Å²) < 4.78 is 6.54. The van der Waals surface area contributed by atoms with E-state index in [2.05, 4.69) is 26.8 Å². The van der Waals surface area contributed by atoms with E-state index < -0.39 is 5.97 Å². The summed E-state index contributed by atoms with van der Waals surface area (Å²) in [6.45, 7) is 1.88. The highest BCUT2D eigenvalue weighted by Gasteiger charge is 2.15. The number of esters is 1. The Kier molecular flexibility index (Phi) is 4.68. The zero-order chi connectivity index (χ0) is 16.2. The van der Waals surface area contributed by atoms with E-state index in [0.29, 0.717) is 22.7 Å². The molecule has 0 saturated carbocycles. The number of nitrogens with zero attached hydrogens (tertiary/aromatic N) is 3. The molecule has 3 rings (SSSR count). The maximum Gasteiger partial charge on any atom is 0.332 e. The molecule has 2 aromatic rings. The largest absolute Gasteiger partial charge is 0.466 e. The number of carbonyl (C=O) groups is 1. The molecule has 0 spiro atoms. The molecule has 120 valence electrons. The van der Waals surface area contributed by atoms with Gasteiger partial charge < -0.3 is 4.74 Å². The fourth-order valence-corrected chi connectivity index (χ4v) is 3.32. The van der Waals surface area contributed by atoms with Gasteiger partial charge in [-0.3, -0.25) is 14.3 Å². The molecule has 1 aliphatic rings. The molecule has 0 fully saturated rings. The van der Waals surface area contributed by atoms with Gasteiger partial charge in [-0.1, -0.05) is 41.7 Å². The molecule has 0 radical (unpaired) electrons. The van der Waals surface area contributed by atoms with E-state index in [1.54, 1.807) is 4.57 Å². The second-order valence-corrected chi connectivity index (χ2v) is 6.23. The Morgan fingerprint density at radius 1 is 1.39 bits per heavy atom. The molecule has 0 unspecified atom stereocenters. The van der Waals surface area contributed by atoms with Gasteiger partial charge in [-0.15, -0.1) is 0 Å². The number of aromatic nitrogens is 1. The molecule has 0 aliphatic carbocycles. The molecule has 0 atom stereocenters. The lowest BCUT2D eigenvalue weighted by Crippen LogP contribution is -2.43. The molecule has 0 saturated heterocycles. The molecule has 7 heteroatoms. The van der Waals surface area contributed by atoms with E-state index in [4.69, 9.17) is 0 Å². The average molecular weight is 331 g/mol. The minimum Gasteiger partial charge on any atom is -0.466 e. The Bertz CT molecular complexity index is 870. The molecule has 23 heavy (non-hydrogen) atoms. The van der Waals surface area contributed by atoms with Crippen molar-refractivity contribution >= 4 is 23.4 Å². The highest BCUT2D eigenvalue weighted by Crippen LogP contribution is 2.03. The number of rotatable bonds is 4. The number of benzene rings is 1. The molecule has 1 aromatic heterocycles. The van der Waals surface area contributed by atoms with Gasteiger partial charge >= 0.3 is 5.97 Å². The molecule has 1 aromatic carbocycles. The Hall–Kier alpha value is -2.25. The Balaban J connectivity index is 1.75. The zero-order valence-corrected chi connectivity index (χ0v) is 13.6. The van der Waals surface area contributed by atoms with Crippen LogP contribution in [0, 0.1) is 0 Å². The molecule has 0 amide bonds. The average Bonchev–Trinajstić information content (AvgIpc) is 2.89. The number of thiazole rings is 1. The van der Waals surface area contributed by atoms with Gasteiger partial charge in [0.2, 0.25) is 0 Å². The molecular weight excluding hydrogens is 314 g/mol. The number of carbonyl (C=O) groups excluding carboxylic acids is 1. The lowest BCUT2D eigenvalue weighted by atomic mass is 10.1. The van der Waals surface area contributed by atoms with Crippen molar-refractivity contribution in [3.8, 4) is 0 Å². The van der Waals surface area contributed by atoms with Crippen LogP contribution in [0.15, 0.2) is 40.1 Å².